The topological polar surface area (TPSA) is 227 Å². The van der Waals surface area contributed by atoms with Crippen molar-refractivity contribution in [3.8, 4) is 11.8 Å². The Balaban J connectivity index is 1.70. The van der Waals surface area contributed by atoms with Gasteiger partial charge in [0.1, 0.15) is 36.1 Å². The molecule has 3 heterocycles. The lowest BCUT2D eigenvalue weighted by atomic mass is 10.1. The van der Waals surface area contributed by atoms with E-state index in [1.165, 1.54) is 12.7 Å². The highest BCUT2D eigenvalue weighted by molar-refractivity contribution is 7.97. The van der Waals surface area contributed by atoms with Crippen LogP contribution in [0.1, 0.15) is 25.5 Å². The Bertz CT molecular complexity index is 1150. The zero-order valence-corrected chi connectivity index (χ0v) is 21.5. The monoisotopic (exact) mass is 550 g/mol. The van der Waals surface area contributed by atoms with Crippen LogP contribution in [0.15, 0.2) is 17.8 Å². The molecule has 6 N–H and O–H groups in total. The van der Waals surface area contributed by atoms with Crippen LogP contribution >= 0.6 is 0 Å². The van der Waals surface area contributed by atoms with Gasteiger partial charge in [0, 0.05) is 41.7 Å². The van der Waals surface area contributed by atoms with Crippen LogP contribution in [0.2, 0.25) is 0 Å². The van der Waals surface area contributed by atoms with Crippen molar-refractivity contribution in [2.75, 3.05) is 42.3 Å². The van der Waals surface area contributed by atoms with E-state index in [-0.39, 0.29) is 13.2 Å². The number of imidazole rings is 1. The number of aromatic nitrogens is 4. The summed E-state index contributed by atoms with van der Waals surface area (Å²) in [7, 11) is -0.391. The number of hydrogen-bond acceptors (Lipinski definition) is 12. The van der Waals surface area contributed by atoms with E-state index in [9.17, 15) is 15.0 Å². The maximum Gasteiger partial charge on any atom is 0.294 e. The lowest BCUT2D eigenvalue weighted by Gasteiger charge is -2.17. The second-order valence-corrected chi connectivity index (χ2v) is 10.6. The molecule has 38 heavy (non-hydrogen) atoms. The first kappa shape index (κ1) is 29.4. The van der Waals surface area contributed by atoms with Gasteiger partial charge in [-0.15, -0.1) is 0 Å². The molecule has 3 unspecified atom stereocenters. The van der Waals surface area contributed by atoms with Crippen LogP contribution in [0.25, 0.3) is 21.6 Å². The van der Waals surface area contributed by atoms with E-state index < -0.39 is 41.7 Å². The summed E-state index contributed by atoms with van der Waals surface area (Å²) >= 11 is 0. The highest BCUT2D eigenvalue weighted by Crippen LogP contribution is 2.33. The molecule has 0 aliphatic carbocycles. The zero-order valence-electron chi connectivity index (χ0n) is 20.7. The first-order chi connectivity index (χ1) is 18.5. The number of carbonyl (C=O) groups excluding carboxylic acids is 1. The molecule has 15 nitrogen and oxygen atoms in total. The molecule has 6 atom stereocenters. The molecular formula is C22H32N9O6S+. The number of hydrogen-bond donors (Lipinski definition) is 5. The smallest absolute Gasteiger partial charge is 0.294 e. The molecule has 1 aliphatic heterocycles. The highest BCUT2D eigenvalue weighted by Gasteiger charge is 2.47. The SMILES string of the molecule is [N-]=[N+]=NCCCC#CC[S+](CCC(N)OC=O)C[C@H]1O[C@@H](n2cnc3c(NCCO)ncnc32)[C@@H](O)C1O. The van der Waals surface area contributed by atoms with Crippen LogP contribution in [0.4, 0.5) is 5.82 Å². The number of carbonyl (C=O) groups is 1. The van der Waals surface area contributed by atoms with E-state index in [1.807, 2.05) is 0 Å². The van der Waals surface area contributed by atoms with Gasteiger partial charge in [0.15, 0.2) is 35.2 Å². The zero-order chi connectivity index (χ0) is 27.3. The summed E-state index contributed by atoms with van der Waals surface area (Å²) in [5.74, 6) is 8.10. The predicted molar refractivity (Wildman–Crippen MR) is 140 cm³/mol. The highest BCUT2D eigenvalue weighted by atomic mass is 32.2. The van der Waals surface area contributed by atoms with Gasteiger partial charge < -0.3 is 30.1 Å². The Morgan fingerprint density at radius 2 is 2.21 bits per heavy atom. The number of aliphatic hydroxyl groups is 3. The molecule has 1 aliphatic rings. The molecule has 1 fully saturated rings. The van der Waals surface area contributed by atoms with Crippen molar-refractivity contribution in [3.63, 3.8) is 0 Å². The van der Waals surface area contributed by atoms with Gasteiger partial charge in [0.05, 0.1) is 12.9 Å². The number of ether oxygens (including phenoxy) is 2. The predicted octanol–water partition coefficient (Wildman–Crippen LogP) is -0.590. The second-order valence-electron chi connectivity index (χ2n) is 8.34. The van der Waals surface area contributed by atoms with Gasteiger partial charge in [0.25, 0.3) is 6.47 Å². The Morgan fingerprint density at radius 1 is 1.37 bits per heavy atom. The van der Waals surface area contributed by atoms with Crippen LogP contribution in [0.3, 0.4) is 0 Å². The van der Waals surface area contributed by atoms with Crippen molar-refractivity contribution in [1.29, 1.82) is 0 Å². The largest absolute Gasteiger partial charge is 0.449 e. The Kier molecular flexibility index (Phi) is 11.8. The normalized spacial score (nSPS) is 22.2. The average molecular weight is 551 g/mol. The number of nitrogens with one attached hydrogen (secondary N) is 1. The second kappa shape index (κ2) is 15.3. The van der Waals surface area contributed by atoms with E-state index in [4.69, 9.17) is 25.8 Å². The fourth-order valence-electron chi connectivity index (χ4n) is 3.83. The summed E-state index contributed by atoms with van der Waals surface area (Å²) in [6.45, 7) is 0.880. The van der Waals surface area contributed by atoms with Gasteiger partial charge in [-0.05, 0) is 17.9 Å². The molecule has 3 rings (SSSR count). The number of nitrogens with two attached hydrogens (primary N) is 1. The summed E-state index contributed by atoms with van der Waals surface area (Å²) < 4.78 is 12.4. The fraction of sp³-hybridized carbons (Fsp3) is 0.636. The van der Waals surface area contributed by atoms with Crippen molar-refractivity contribution in [2.45, 2.75) is 50.0 Å². The molecule has 0 spiro atoms. The van der Waals surface area contributed by atoms with Crippen molar-refractivity contribution in [3.05, 3.63) is 23.1 Å². The molecule has 0 amide bonds. The van der Waals surface area contributed by atoms with Crippen LogP contribution in [0, 0.1) is 11.8 Å². The summed E-state index contributed by atoms with van der Waals surface area (Å²) in [4.78, 5) is 26.0. The first-order valence-corrected chi connectivity index (χ1v) is 13.7. The van der Waals surface area contributed by atoms with E-state index in [2.05, 4.69) is 42.1 Å². The molecule has 2 aromatic rings. The van der Waals surface area contributed by atoms with Crippen molar-refractivity contribution < 1.29 is 29.6 Å². The van der Waals surface area contributed by atoms with Gasteiger partial charge in [-0.3, -0.25) is 15.1 Å². The summed E-state index contributed by atoms with van der Waals surface area (Å²) in [6, 6.07) is 0. The minimum Gasteiger partial charge on any atom is -0.449 e. The lowest BCUT2D eigenvalue weighted by Crippen LogP contribution is -2.37. The molecule has 206 valence electrons. The maximum absolute atomic E-state index is 10.8. The summed E-state index contributed by atoms with van der Waals surface area (Å²) in [5, 5.41) is 37.2. The third kappa shape index (κ3) is 7.92. The maximum atomic E-state index is 10.8. The minimum atomic E-state index is -1.24. The number of nitrogens with zero attached hydrogens (tertiary/aromatic N) is 7. The standard InChI is InChI=1S/C22H32N9O6S/c23-16(36-14-33)5-10-38(9-4-2-1-3-6-29-30-24)11-15-18(34)19(35)22(37-15)31-13-28-17-20(25-7-8-32)26-12-27-21(17)31/h12-16,18-19,22,32,34-35H,1,3,5-11,23H2,(H,25,26,27)/q+1/t15-,16?,18?,19+,22-,38?/m1/s1. The summed E-state index contributed by atoms with van der Waals surface area (Å²) in [5.41, 5.74) is 15.0. The number of aliphatic hydroxyl groups excluding tert-OH is 3. The number of rotatable bonds is 15. The molecule has 0 bridgehead atoms. The van der Waals surface area contributed by atoms with E-state index in [1.54, 1.807) is 4.57 Å². The Labute approximate surface area is 221 Å². The third-order valence-corrected chi connectivity index (χ3v) is 7.89. The first-order valence-electron chi connectivity index (χ1n) is 12.0. The molecular weight excluding hydrogens is 518 g/mol. The van der Waals surface area contributed by atoms with Crippen LogP contribution in [0.5, 0.6) is 0 Å². The van der Waals surface area contributed by atoms with Crippen molar-refractivity contribution in [1.82, 2.24) is 19.5 Å². The van der Waals surface area contributed by atoms with E-state index in [0.717, 1.165) is 0 Å². The number of anilines is 1. The van der Waals surface area contributed by atoms with Crippen LogP contribution < -0.4 is 11.1 Å². The van der Waals surface area contributed by atoms with Gasteiger partial charge in [-0.2, -0.15) is 0 Å². The number of fused-ring (bicyclic) bond motifs is 1. The van der Waals surface area contributed by atoms with Gasteiger partial charge in [-0.1, -0.05) is 11.0 Å². The minimum absolute atomic E-state index is 0.0846. The van der Waals surface area contributed by atoms with Gasteiger partial charge in [0.2, 0.25) is 0 Å². The van der Waals surface area contributed by atoms with Gasteiger partial charge in [-0.25, -0.2) is 15.0 Å². The van der Waals surface area contributed by atoms with Crippen LogP contribution in [-0.4, -0.2) is 103 Å². The average Bonchev–Trinajstić information content (AvgIpc) is 3.46. The van der Waals surface area contributed by atoms with E-state index >= 15 is 0 Å². The molecule has 16 heteroatoms. The quantitative estimate of drug-likeness (QED) is 0.0275. The Morgan fingerprint density at radius 3 is 2.97 bits per heavy atom. The van der Waals surface area contributed by atoms with E-state index in [0.29, 0.717) is 66.5 Å². The fourth-order valence-corrected chi connectivity index (χ4v) is 5.87. The van der Waals surface area contributed by atoms with Gasteiger partial charge >= 0.3 is 0 Å². The third-order valence-electron chi connectivity index (χ3n) is 5.72. The number of unbranched alkanes of at least 4 members (excludes halogenated alkanes) is 1. The van der Waals surface area contributed by atoms with Crippen LogP contribution in [-0.2, 0) is 25.2 Å². The summed E-state index contributed by atoms with van der Waals surface area (Å²) in [6.07, 6.45) is -0.346. The molecule has 0 radical (unpaired) electrons. The lowest BCUT2D eigenvalue weighted by molar-refractivity contribution is -0.133. The van der Waals surface area contributed by atoms with Crippen molar-refractivity contribution in [2.24, 2.45) is 10.8 Å². The Hall–Kier alpha value is -3.16. The number of azide groups is 1. The molecule has 1 saturated heterocycles. The van der Waals surface area contributed by atoms with Crippen molar-refractivity contribution >= 4 is 34.3 Å². The molecule has 0 saturated carbocycles. The molecule has 0 aromatic carbocycles. The molecule has 2 aromatic heterocycles.